The first-order chi connectivity index (χ1) is 13.1. The molecule has 0 radical (unpaired) electrons. The van der Waals surface area contributed by atoms with Crippen molar-refractivity contribution in [2.24, 2.45) is 22.9 Å². The molecule has 140 valence electrons. The van der Waals surface area contributed by atoms with Crippen molar-refractivity contribution >= 4 is 23.7 Å². The largest absolute Gasteiger partial charge is 0.291 e. The monoisotopic (exact) mass is 382 g/mol. The van der Waals surface area contributed by atoms with Crippen molar-refractivity contribution in [3.63, 3.8) is 0 Å². The molecule has 2 aromatic rings. The fourth-order valence-corrected chi connectivity index (χ4v) is 6.05. The van der Waals surface area contributed by atoms with Crippen LogP contribution >= 0.6 is 11.6 Å². The molecule has 0 saturated heterocycles. The van der Waals surface area contributed by atoms with Gasteiger partial charge >= 0.3 is 0 Å². The Hall–Kier alpha value is -2.14. The van der Waals surface area contributed by atoms with Gasteiger partial charge in [0.2, 0.25) is 0 Å². The maximum atomic E-state index is 12.4. The molecule has 5 nitrogen and oxygen atoms in total. The molecule has 27 heavy (non-hydrogen) atoms. The fourth-order valence-electron chi connectivity index (χ4n) is 5.92. The first kappa shape index (κ1) is 17.0. The predicted molar refractivity (Wildman–Crippen MR) is 105 cm³/mol. The Kier molecular flexibility index (Phi) is 4.08. The Labute approximate surface area is 163 Å². The van der Waals surface area contributed by atoms with Gasteiger partial charge in [0.15, 0.2) is 5.69 Å². The molecule has 1 amide bonds. The number of H-pyrrole nitrogens is 1. The molecule has 0 spiro atoms. The number of benzene rings is 1. The van der Waals surface area contributed by atoms with Gasteiger partial charge in [-0.3, -0.25) is 9.89 Å². The average molecular weight is 383 g/mol. The topological polar surface area (TPSA) is 70.1 Å². The van der Waals surface area contributed by atoms with Gasteiger partial charge in [-0.15, -0.1) is 0 Å². The summed E-state index contributed by atoms with van der Waals surface area (Å²) in [6.45, 7) is 0. The predicted octanol–water partition coefficient (Wildman–Crippen LogP) is 4.29. The minimum Gasteiger partial charge on any atom is -0.281 e. The van der Waals surface area contributed by atoms with Gasteiger partial charge in [0, 0.05) is 16.1 Å². The van der Waals surface area contributed by atoms with Crippen LogP contribution in [-0.4, -0.2) is 22.3 Å². The molecule has 1 aromatic carbocycles. The van der Waals surface area contributed by atoms with Crippen LogP contribution in [0.15, 0.2) is 35.4 Å². The number of aromatic nitrogens is 2. The Balaban J connectivity index is 1.28. The second-order valence-corrected chi connectivity index (χ2v) is 9.05. The SMILES string of the molecule is O=C(N/N=C/c1ccc(Cl)cc1)c1cc(C23CC4CC(CC(C4)C2)C3)[nH]n1. The lowest BCUT2D eigenvalue weighted by Crippen LogP contribution is -2.48. The third-order valence-corrected chi connectivity index (χ3v) is 6.92. The van der Waals surface area contributed by atoms with Crippen molar-refractivity contribution in [2.75, 3.05) is 0 Å². The van der Waals surface area contributed by atoms with E-state index in [2.05, 4.69) is 20.7 Å². The Morgan fingerprint density at radius 2 is 1.78 bits per heavy atom. The smallest absolute Gasteiger partial charge is 0.281 e. The van der Waals surface area contributed by atoms with Crippen LogP contribution in [0.4, 0.5) is 0 Å². The van der Waals surface area contributed by atoms with E-state index in [9.17, 15) is 4.79 Å². The van der Waals surface area contributed by atoms with E-state index in [-0.39, 0.29) is 11.3 Å². The van der Waals surface area contributed by atoms with Gasteiger partial charge in [-0.25, -0.2) is 5.43 Å². The lowest BCUT2D eigenvalue weighted by Gasteiger charge is -2.56. The summed E-state index contributed by atoms with van der Waals surface area (Å²) in [6.07, 6.45) is 9.55. The number of amides is 1. The Morgan fingerprint density at radius 1 is 1.15 bits per heavy atom. The van der Waals surface area contributed by atoms with E-state index in [4.69, 9.17) is 11.6 Å². The number of aromatic amines is 1. The molecule has 0 atom stereocenters. The van der Waals surface area contributed by atoms with E-state index in [1.54, 1.807) is 18.3 Å². The quantitative estimate of drug-likeness (QED) is 0.611. The van der Waals surface area contributed by atoms with Crippen LogP contribution < -0.4 is 5.43 Å². The summed E-state index contributed by atoms with van der Waals surface area (Å²) >= 11 is 5.86. The highest BCUT2D eigenvalue weighted by molar-refractivity contribution is 6.30. The highest BCUT2D eigenvalue weighted by Crippen LogP contribution is 2.60. The van der Waals surface area contributed by atoms with Gasteiger partial charge in [-0.05, 0) is 80.0 Å². The molecule has 0 aliphatic heterocycles. The molecule has 4 aliphatic rings. The van der Waals surface area contributed by atoms with Crippen molar-refractivity contribution in [1.82, 2.24) is 15.6 Å². The van der Waals surface area contributed by atoms with Crippen LogP contribution in [0, 0.1) is 17.8 Å². The van der Waals surface area contributed by atoms with Crippen molar-refractivity contribution in [3.8, 4) is 0 Å². The van der Waals surface area contributed by atoms with Crippen molar-refractivity contribution < 1.29 is 4.79 Å². The summed E-state index contributed by atoms with van der Waals surface area (Å²) in [5, 5.41) is 12.2. The van der Waals surface area contributed by atoms with Gasteiger partial charge in [-0.2, -0.15) is 10.2 Å². The molecule has 6 rings (SSSR count). The van der Waals surface area contributed by atoms with E-state index in [1.807, 2.05) is 18.2 Å². The van der Waals surface area contributed by atoms with Crippen LogP contribution in [0.2, 0.25) is 5.02 Å². The first-order valence-corrected chi connectivity index (χ1v) is 10.1. The second-order valence-electron chi connectivity index (χ2n) is 8.62. The third-order valence-electron chi connectivity index (χ3n) is 6.67. The van der Waals surface area contributed by atoms with Crippen molar-refractivity contribution in [1.29, 1.82) is 0 Å². The van der Waals surface area contributed by atoms with Crippen LogP contribution in [0.5, 0.6) is 0 Å². The normalized spacial score (nSPS) is 31.5. The number of rotatable bonds is 4. The number of halogens is 1. The summed E-state index contributed by atoms with van der Waals surface area (Å²) < 4.78 is 0. The minimum atomic E-state index is -0.285. The van der Waals surface area contributed by atoms with Crippen molar-refractivity contribution in [2.45, 2.75) is 43.9 Å². The first-order valence-electron chi connectivity index (χ1n) is 9.74. The molecule has 6 heteroatoms. The van der Waals surface area contributed by atoms with E-state index in [0.717, 1.165) is 29.0 Å². The molecule has 4 bridgehead atoms. The summed E-state index contributed by atoms with van der Waals surface area (Å²) in [5.74, 6) is 2.30. The van der Waals surface area contributed by atoms with E-state index < -0.39 is 0 Å². The zero-order chi connectivity index (χ0) is 18.4. The number of carbonyl (C=O) groups is 1. The summed E-state index contributed by atoms with van der Waals surface area (Å²) in [6, 6.07) is 9.21. The number of nitrogens with one attached hydrogen (secondary N) is 2. The molecule has 1 aromatic heterocycles. The molecule has 4 fully saturated rings. The highest BCUT2D eigenvalue weighted by atomic mass is 35.5. The van der Waals surface area contributed by atoms with Gasteiger partial charge < -0.3 is 0 Å². The molecule has 4 saturated carbocycles. The maximum absolute atomic E-state index is 12.4. The molecular formula is C21H23ClN4O. The van der Waals surface area contributed by atoms with Crippen LogP contribution in [0.1, 0.15) is 60.3 Å². The standard InChI is InChI=1S/C21H23ClN4O/c22-17-3-1-13(2-4-17)12-23-26-20(27)18-8-19(25-24-18)21-9-14-5-15(10-21)7-16(6-14)11-21/h1-4,8,12,14-16H,5-7,9-11H2,(H,24,25)(H,26,27)/b23-12+. The number of nitrogens with zero attached hydrogens (tertiary/aromatic N) is 2. The van der Waals surface area contributed by atoms with E-state index in [1.165, 1.54) is 38.5 Å². The molecule has 1 heterocycles. The van der Waals surface area contributed by atoms with Gasteiger partial charge in [0.25, 0.3) is 5.91 Å². The van der Waals surface area contributed by atoms with Crippen molar-refractivity contribution in [3.05, 3.63) is 52.3 Å². The summed E-state index contributed by atoms with van der Waals surface area (Å²) in [4.78, 5) is 12.4. The Bertz CT molecular complexity index is 851. The zero-order valence-electron chi connectivity index (χ0n) is 15.1. The lowest BCUT2D eigenvalue weighted by atomic mass is 9.49. The van der Waals surface area contributed by atoms with Crippen LogP contribution in [0.3, 0.4) is 0 Å². The maximum Gasteiger partial charge on any atom is 0.291 e. The third kappa shape index (κ3) is 3.18. The lowest BCUT2D eigenvalue weighted by molar-refractivity contribution is -0.00721. The van der Waals surface area contributed by atoms with Gasteiger partial charge in [0.05, 0.1) is 6.21 Å². The molecule has 2 N–H and O–H groups in total. The van der Waals surface area contributed by atoms with Gasteiger partial charge in [-0.1, -0.05) is 23.7 Å². The average Bonchev–Trinajstić information content (AvgIpc) is 3.13. The number of hydrogen-bond donors (Lipinski definition) is 2. The summed E-state index contributed by atoms with van der Waals surface area (Å²) in [7, 11) is 0. The number of carbonyl (C=O) groups excluding carboxylic acids is 1. The van der Waals surface area contributed by atoms with Crippen LogP contribution in [0.25, 0.3) is 0 Å². The van der Waals surface area contributed by atoms with E-state index >= 15 is 0 Å². The number of hydrogen-bond acceptors (Lipinski definition) is 3. The van der Waals surface area contributed by atoms with Crippen LogP contribution in [-0.2, 0) is 5.41 Å². The second kappa shape index (κ2) is 6.48. The fraction of sp³-hybridized carbons (Fsp3) is 0.476. The molecule has 0 unspecified atom stereocenters. The number of hydrazone groups is 1. The Morgan fingerprint density at radius 3 is 2.41 bits per heavy atom. The van der Waals surface area contributed by atoms with E-state index in [0.29, 0.717) is 10.7 Å². The zero-order valence-corrected chi connectivity index (χ0v) is 15.9. The summed E-state index contributed by atoms with van der Waals surface area (Å²) in [5.41, 5.74) is 5.21. The minimum absolute atomic E-state index is 0.215. The van der Waals surface area contributed by atoms with Gasteiger partial charge in [0.1, 0.15) is 0 Å². The molecular weight excluding hydrogens is 360 g/mol. The molecule has 4 aliphatic carbocycles. The highest BCUT2D eigenvalue weighted by Gasteiger charge is 2.52.